The molecule has 2 saturated heterocycles. The van der Waals surface area contributed by atoms with Crippen molar-refractivity contribution in [3.05, 3.63) is 11.1 Å². The number of rotatable bonds is 4. The molecule has 2 fully saturated rings. The van der Waals surface area contributed by atoms with Gasteiger partial charge in [0.1, 0.15) is 6.10 Å². The highest BCUT2D eigenvalue weighted by Gasteiger charge is 2.30. The van der Waals surface area contributed by atoms with Crippen molar-refractivity contribution in [2.45, 2.75) is 32.4 Å². The van der Waals surface area contributed by atoms with Crippen LogP contribution in [0.15, 0.2) is 5.38 Å². The minimum atomic E-state index is -0.222. The quantitative estimate of drug-likeness (QED) is 0.884. The van der Waals surface area contributed by atoms with Crippen LogP contribution in [-0.2, 0) is 20.9 Å². The summed E-state index contributed by atoms with van der Waals surface area (Å²) in [5.74, 6) is 0.0379. The van der Waals surface area contributed by atoms with Gasteiger partial charge >= 0.3 is 0 Å². The summed E-state index contributed by atoms with van der Waals surface area (Å²) in [4.78, 5) is 31.9. The first-order valence-corrected chi connectivity index (χ1v) is 8.84. The average molecular weight is 338 g/mol. The summed E-state index contributed by atoms with van der Waals surface area (Å²) in [6.07, 6.45) is 1.61. The smallest absolute Gasteiger partial charge is 0.251 e. The van der Waals surface area contributed by atoms with Crippen LogP contribution < -0.4 is 5.32 Å². The van der Waals surface area contributed by atoms with Crippen LogP contribution in [0.25, 0.3) is 0 Å². The minimum absolute atomic E-state index is 0.104. The number of carbonyl (C=O) groups is 2. The molecule has 0 bridgehead atoms. The lowest BCUT2D eigenvalue weighted by Gasteiger charge is -2.35. The summed E-state index contributed by atoms with van der Waals surface area (Å²) < 4.78 is 5.48. The Balaban J connectivity index is 1.46. The molecule has 0 saturated carbocycles. The molecule has 2 aliphatic rings. The van der Waals surface area contributed by atoms with E-state index in [4.69, 9.17) is 4.74 Å². The van der Waals surface area contributed by atoms with E-state index < -0.39 is 0 Å². The SMILES string of the molecule is CC(=O)Nc1nc(CN2CCN(C(=O)C3CCCO3)CC2)cs1. The van der Waals surface area contributed by atoms with E-state index in [1.165, 1.54) is 18.3 Å². The summed E-state index contributed by atoms with van der Waals surface area (Å²) >= 11 is 1.44. The Morgan fingerprint density at radius 1 is 1.39 bits per heavy atom. The molecular weight excluding hydrogens is 316 g/mol. The number of hydrogen-bond donors (Lipinski definition) is 1. The van der Waals surface area contributed by atoms with Gasteiger partial charge in [0, 0.05) is 51.6 Å². The molecule has 0 aliphatic carbocycles. The number of thiazole rings is 1. The molecule has 8 heteroatoms. The summed E-state index contributed by atoms with van der Waals surface area (Å²) in [6.45, 7) is 6.08. The highest BCUT2D eigenvalue weighted by molar-refractivity contribution is 7.13. The van der Waals surface area contributed by atoms with Crippen molar-refractivity contribution >= 4 is 28.3 Å². The molecule has 0 radical (unpaired) electrons. The van der Waals surface area contributed by atoms with Crippen LogP contribution in [0.3, 0.4) is 0 Å². The minimum Gasteiger partial charge on any atom is -0.368 e. The van der Waals surface area contributed by atoms with Gasteiger partial charge in [0.05, 0.1) is 5.69 Å². The van der Waals surface area contributed by atoms with Crippen LogP contribution in [0.1, 0.15) is 25.5 Å². The zero-order valence-corrected chi connectivity index (χ0v) is 14.1. The maximum absolute atomic E-state index is 12.3. The molecule has 7 nitrogen and oxygen atoms in total. The first-order chi connectivity index (χ1) is 11.1. The molecule has 2 aliphatic heterocycles. The fourth-order valence-corrected chi connectivity index (χ4v) is 3.67. The van der Waals surface area contributed by atoms with Gasteiger partial charge in [0.25, 0.3) is 5.91 Å². The lowest BCUT2D eigenvalue weighted by atomic mass is 10.2. The maximum Gasteiger partial charge on any atom is 0.251 e. The number of ether oxygens (including phenoxy) is 1. The molecule has 3 rings (SSSR count). The first-order valence-electron chi connectivity index (χ1n) is 7.96. The third-order valence-electron chi connectivity index (χ3n) is 4.11. The van der Waals surface area contributed by atoms with Gasteiger partial charge in [-0.3, -0.25) is 14.5 Å². The second kappa shape index (κ2) is 7.37. The number of hydrogen-bond acceptors (Lipinski definition) is 6. The molecule has 126 valence electrons. The van der Waals surface area contributed by atoms with E-state index in [1.807, 2.05) is 10.3 Å². The van der Waals surface area contributed by atoms with Gasteiger partial charge in [-0.2, -0.15) is 0 Å². The van der Waals surface area contributed by atoms with E-state index in [0.717, 1.165) is 51.3 Å². The number of nitrogens with zero attached hydrogens (tertiary/aromatic N) is 3. The molecule has 0 spiro atoms. The van der Waals surface area contributed by atoms with E-state index >= 15 is 0 Å². The van der Waals surface area contributed by atoms with Gasteiger partial charge in [0.15, 0.2) is 5.13 Å². The monoisotopic (exact) mass is 338 g/mol. The third-order valence-corrected chi connectivity index (χ3v) is 4.92. The van der Waals surface area contributed by atoms with Crippen LogP contribution >= 0.6 is 11.3 Å². The second-order valence-electron chi connectivity index (χ2n) is 5.93. The van der Waals surface area contributed by atoms with Gasteiger partial charge in [-0.15, -0.1) is 11.3 Å². The van der Waals surface area contributed by atoms with Gasteiger partial charge < -0.3 is 15.0 Å². The predicted molar refractivity (Wildman–Crippen MR) is 87.2 cm³/mol. The molecule has 0 aromatic carbocycles. The largest absolute Gasteiger partial charge is 0.368 e. The number of nitrogens with one attached hydrogen (secondary N) is 1. The molecule has 1 aromatic rings. The third kappa shape index (κ3) is 4.27. The van der Waals surface area contributed by atoms with Crippen molar-refractivity contribution in [2.24, 2.45) is 0 Å². The molecule has 1 unspecified atom stereocenters. The Bertz CT molecular complexity index is 563. The normalized spacial score (nSPS) is 22.3. The van der Waals surface area contributed by atoms with E-state index in [-0.39, 0.29) is 17.9 Å². The predicted octanol–water partition coefficient (Wildman–Crippen LogP) is 0.925. The van der Waals surface area contributed by atoms with E-state index in [2.05, 4.69) is 15.2 Å². The number of aromatic nitrogens is 1. The molecule has 23 heavy (non-hydrogen) atoms. The molecule has 2 amide bonds. The van der Waals surface area contributed by atoms with Crippen LogP contribution in [0.4, 0.5) is 5.13 Å². The van der Waals surface area contributed by atoms with Gasteiger partial charge in [-0.1, -0.05) is 0 Å². The van der Waals surface area contributed by atoms with Gasteiger partial charge in [-0.25, -0.2) is 4.98 Å². The van der Waals surface area contributed by atoms with Crippen molar-refractivity contribution in [1.82, 2.24) is 14.8 Å². The molecule has 1 aromatic heterocycles. The number of piperazine rings is 1. The molecule has 3 heterocycles. The Kier molecular flexibility index (Phi) is 5.24. The van der Waals surface area contributed by atoms with Crippen molar-refractivity contribution in [2.75, 3.05) is 38.1 Å². The highest BCUT2D eigenvalue weighted by Crippen LogP contribution is 2.19. The molecule has 1 N–H and O–H groups in total. The van der Waals surface area contributed by atoms with Crippen LogP contribution in [0.5, 0.6) is 0 Å². The zero-order chi connectivity index (χ0) is 16.2. The Hall–Kier alpha value is -1.51. The highest BCUT2D eigenvalue weighted by atomic mass is 32.1. The zero-order valence-electron chi connectivity index (χ0n) is 13.3. The second-order valence-corrected chi connectivity index (χ2v) is 6.79. The maximum atomic E-state index is 12.3. The Morgan fingerprint density at radius 3 is 2.83 bits per heavy atom. The lowest BCUT2D eigenvalue weighted by molar-refractivity contribution is -0.142. The summed E-state index contributed by atoms with van der Waals surface area (Å²) in [7, 11) is 0. The average Bonchev–Trinajstić information content (AvgIpc) is 3.19. The summed E-state index contributed by atoms with van der Waals surface area (Å²) in [6, 6.07) is 0. The summed E-state index contributed by atoms with van der Waals surface area (Å²) in [5.41, 5.74) is 0.956. The van der Waals surface area contributed by atoms with Crippen LogP contribution in [0, 0.1) is 0 Å². The van der Waals surface area contributed by atoms with E-state index in [1.54, 1.807) is 0 Å². The molecular formula is C15H22N4O3S. The summed E-state index contributed by atoms with van der Waals surface area (Å²) in [5, 5.41) is 5.30. The van der Waals surface area contributed by atoms with Crippen molar-refractivity contribution < 1.29 is 14.3 Å². The Labute approximate surface area is 139 Å². The molecule has 1 atom stereocenters. The van der Waals surface area contributed by atoms with Crippen molar-refractivity contribution in [3.8, 4) is 0 Å². The van der Waals surface area contributed by atoms with Gasteiger partial charge in [0.2, 0.25) is 5.91 Å². The van der Waals surface area contributed by atoms with E-state index in [0.29, 0.717) is 11.7 Å². The fourth-order valence-electron chi connectivity index (χ4n) is 2.92. The van der Waals surface area contributed by atoms with Crippen LogP contribution in [-0.4, -0.2) is 65.5 Å². The Morgan fingerprint density at radius 2 is 2.17 bits per heavy atom. The lowest BCUT2D eigenvalue weighted by Crippen LogP contribution is -2.51. The number of carbonyl (C=O) groups excluding carboxylic acids is 2. The number of anilines is 1. The first kappa shape index (κ1) is 16.4. The van der Waals surface area contributed by atoms with E-state index in [9.17, 15) is 9.59 Å². The topological polar surface area (TPSA) is 74.8 Å². The van der Waals surface area contributed by atoms with Crippen molar-refractivity contribution in [1.29, 1.82) is 0 Å². The van der Waals surface area contributed by atoms with Crippen molar-refractivity contribution in [3.63, 3.8) is 0 Å². The standard InChI is InChI=1S/C15H22N4O3S/c1-11(20)16-15-17-12(10-23-15)9-18-4-6-19(7-5-18)14(21)13-3-2-8-22-13/h10,13H,2-9H2,1H3,(H,16,17,20). The fraction of sp³-hybridized carbons (Fsp3) is 0.667. The van der Waals surface area contributed by atoms with Crippen LogP contribution in [0.2, 0.25) is 0 Å². The van der Waals surface area contributed by atoms with Gasteiger partial charge in [-0.05, 0) is 12.8 Å². The number of amides is 2.